The number of nitrogens with one attached hydrogen (secondary N) is 1. The van der Waals surface area contributed by atoms with Gasteiger partial charge < -0.3 is 19.0 Å². The largest absolute Gasteiger partial charge is 0.464 e. The van der Waals surface area contributed by atoms with Gasteiger partial charge in [0.2, 0.25) is 0 Å². The summed E-state index contributed by atoms with van der Waals surface area (Å²) < 4.78 is 14.8. The molecular weight excluding hydrogens is 504 g/mol. The van der Waals surface area contributed by atoms with Crippen LogP contribution in [-0.2, 0) is 0 Å². The number of fused-ring (bicyclic) bond motifs is 8. The van der Waals surface area contributed by atoms with Crippen molar-refractivity contribution >= 4 is 49.4 Å². The number of benzene rings is 6. The van der Waals surface area contributed by atoms with Gasteiger partial charge in [-0.25, -0.2) is 0 Å². The molecule has 0 amide bonds. The van der Waals surface area contributed by atoms with Crippen molar-refractivity contribution in [2.45, 2.75) is 6.23 Å². The van der Waals surface area contributed by atoms with Crippen LogP contribution in [0.1, 0.15) is 11.8 Å². The number of para-hydroxylation sites is 2. The van der Waals surface area contributed by atoms with Crippen LogP contribution in [0.2, 0.25) is 0 Å². The molecule has 0 spiro atoms. The van der Waals surface area contributed by atoms with Gasteiger partial charge in [0, 0.05) is 27.4 Å². The third-order valence-corrected chi connectivity index (χ3v) is 8.26. The lowest BCUT2D eigenvalue weighted by atomic mass is 10.0. The molecule has 9 rings (SSSR count). The lowest BCUT2D eigenvalue weighted by Gasteiger charge is -2.14. The SMILES string of the molecule is c1ccc(-c2ccc3c(c2)c2ccccc2n3-c2ccc(C3Nc4c(ccc5oc6ccccc6c45)O3)cc2)cc1. The highest BCUT2D eigenvalue weighted by molar-refractivity contribution is 6.13. The molecule has 41 heavy (non-hydrogen) atoms. The van der Waals surface area contributed by atoms with Crippen LogP contribution in [0.4, 0.5) is 5.69 Å². The fraction of sp³-hybridized carbons (Fsp3) is 0.0270. The maximum Gasteiger partial charge on any atom is 0.196 e. The van der Waals surface area contributed by atoms with Crippen molar-refractivity contribution in [2.75, 3.05) is 5.32 Å². The van der Waals surface area contributed by atoms with Gasteiger partial charge in [-0.05, 0) is 59.7 Å². The van der Waals surface area contributed by atoms with Crippen molar-refractivity contribution in [3.8, 4) is 22.6 Å². The van der Waals surface area contributed by atoms with Crippen molar-refractivity contribution in [3.05, 3.63) is 139 Å². The standard InChI is InChI=1S/C37H24N2O2/c1-2-8-23(9-3-1)25-16-19-31-29(22-25)27-10-4-6-12-30(27)39(31)26-17-14-24(15-18-26)37-38-36-34(41-37)21-20-33-35(36)28-11-5-7-13-32(28)40-33/h1-22,37-38H. The summed E-state index contributed by atoms with van der Waals surface area (Å²) in [5, 5.41) is 8.27. The zero-order valence-electron chi connectivity index (χ0n) is 22.0. The van der Waals surface area contributed by atoms with Crippen LogP contribution < -0.4 is 10.1 Å². The maximum absolute atomic E-state index is 6.39. The number of ether oxygens (including phenoxy) is 1. The van der Waals surface area contributed by atoms with Crippen molar-refractivity contribution in [1.82, 2.24) is 4.57 Å². The smallest absolute Gasteiger partial charge is 0.196 e. The minimum Gasteiger partial charge on any atom is -0.464 e. The predicted molar refractivity (Wildman–Crippen MR) is 167 cm³/mol. The van der Waals surface area contributed by atoms with Gasteiger partial charge >= 0.3 is 0 Å². The molecule has 8 aromatic rings. The van der Waals surface area contributed by atoms with Crippen LogP contribution >= 0.6 is 0 Å². The first-order valence-corrected chi connectivity index (χ1v) is 13.9. The number of rotatable bonds is 3. The molecule has 1 unspecified atom stereocenters. The molecule has 0 radical (unpaired) electrons. The average molecular weight is 529 g/mol. The molecule has 2 aromatic heterocycles. The van der Waals surface area contributed by atoms with Gasteiger partial charge in [-0.1, -0.05) is 84.9 Å². The second-order valence-electron chi connectivity index (χ2n) is 10.6. The van der Waals surface area contributed by atoms with E-state index in [4.69, 9.17) is 9.15 Å². The zero-order chi connectivity index (χ0) is 26.9. The van der Waals surface area contributed by atoms with Crippen molar-refractivity contribution in [1.29, 1.82) is 0 Å². The molecule has 1 aliphatic rings. The predicted octanol–water partition coefficient (Wildman–Crippen LogP) is 9.85. The Morgan fingerprint density at radius 3 is 2.20 bits per heavy atom. The molecule has 1 aliphatic heterocycles. The van der Waals surface area contributed by atoms with E-state index in [1.807, 2.05) is 30.3 Å². The highest BCUT2D eigenvalue weighted by Crippen LogP contribution is 2.46. The Kier molecular flexibility index (Phi) is 4.64. The summed E-state index contributed by atoms with van der Waals surface area (Å²) in [5.41, 5.74) is 9.74. The van der Waals surface area contributed by atoms with E-state index in [1.54, 1.807) is 0 Å². The Morgan fingerprint density at radius 1 is 0.561 bits per heavy atom. The maximum atomic E-state index is 6.39. The second kappa shape index (κ2) is 8.51. The minimum atomic E-state index is -0.273. The summed E-state index contributed by atoms with van der Waals surface area (Å²) in [6.45, 7) is 0. The normalized spacial score (nSPS) is 14.5. The molecule has 0 saturated heterocycles. The van der Waals surface area contributed by atoms with E-state index in [2.05, 4.69) is 113 Å². The van der Waals surface area contributed by atoms with Crippen LogP contribution in [0, 0.1) is 0 Å². The fourth-order valence-electron chi connectivity index (χ4n) is 6.34. The Morgan fingerprint density at radius 2 is 1.32 bits per heavy atom. The zero-order valence-corrected chi connectivity index (χ0v) is 22.0. The van der Waals surface area contributed by atoms with Gasteiger partial charge in [-0.3, -0.25) is 0 Å². The average Bonchev–Trinajstić information content (AvgIpc) is 3.73. The molecule has 0 bridgehead atoms. The van der Waals surface area contributed by atoms with Gasteiger partial charge in [0.1, 0.15) is 16.9 Å². The molecule has 3 heterocycles. The summed E-state index contributed by atoms with van der Waals surface area (Å²) in [4.78, 5) is 0. The third kappa shape index (κ3) is 3.34. The van der Waals surface area contributed by atoms with E-state index in [1.165, 1.54) is 32.9 Å². The molecule has 0 saturated carbocycles. The molecule has 0 aliphatic carbocycles. The van der Waals surface area contributed by atoms with Crippen LogP contribution in [0.15, 0.2) is 138 Å². The van der Waals surface area contributed by atoms with Crippen LogP contribution in [0.25, 0.3) is 60.6 Å². The van der Waals surface area contributed by atoms with E-state index >= 15 is 0 Å². The van der Waals surface area contributed by atoms with Gasteiger partial charge in [-0.15, -0.1) is 0 Å². The summed E-state index contributed by atoms with van der Waals surface area (Å²) in [6, 6.07) is 46.8. The Bertz CT molecular complexity index is 2260. The summed E-state index contributed by atoms with van der Waals surface area (Å²) in [6.07, 6.45) is -0.273. The Labute approximate surface area is 236 Å². The second-order valence-corrected chi connectivity index (χ2v) is 10.6. The topological polar surface area (TPSA) is 39.3 Å². The van der Waals surface area contributed by atoms with Crippen LogP contribution in [0.3, 0.4) is 0 Å². The van der Waals surface area contributed by atoms with E-state index in [0.717, 1.165) is 44.6 Å². The Balaban J connectivity index is 1.11. The summed E-state index contributed by atoms with van der Waals surface area (Å²) in [5.74, 6) is 0.842. The lowest BCUT2D eigenvalue weighted by Crippen LogP contribution is -2.10. The third-order valence-electron chi connectivity index (χ3n) is 8.26. The van der Waals surface area contributed by atoms with Crippen molar-refractivity contribution in [2.24, 2.45) is 0 Å². The highest BCUT2D eigenvalue weighted by atomic mass is 16.5. The number of aromatic nitrogens is 1. The quantitative estimate of drug-likeness (QED) is 0.248. The highest BCUT2D eigenvalue weighted by Gasteiger charge is 2.27. The molecule has 1 N–H and O–H groups in total. The summed E-state index contributed by atoms with van der Waals surface area (Å²) >= 11 is 0. The first-order valence-electron chi connectivity index (χ1n) is 13.9. The Hall–Kier alpha value is -5.48. The molecule has 194 valence electrons. The van der Waals surface area contributed by atoms with Crippen LogP contribution in [0.5, 0.6) is 5.75 Å². The fourth-order valence-corrected chi connectivity index (χ4v) is 6.34. The molecule has 6 aromatic carbocycles. The van der Waals surface area contributed by atoms with Gasteiger partial charge in [-0.2, -0.15) is 0 Å². The number of anilines is 1. The number of hydrogen-bond acceptors (Lipinski definition) is 3. The van der Waals surface area contributed by atoms with Gasteiger partial charge in [0.15, 0.2) is 6.23 Å². The molecule has 1 atom stereocenters. The van der Waals surface area contributed by atoms with Crippen LogP contribution in [-0.4, -0.2) is 4.57 Å². The van der Waals surface area contributed by atoms with E-state index in [9.17, 15) is 0 Å². The molecule has 0 fully saturated rings. The molecule has 4 nitrogen and oxygen atoms in total. The van der Waals surface area contributed by atoms with E-state index < -0.39 is 0 Å². The van der Waals surface area contributed by atoms with Crippen molar-refractivity contribution in [3.63, 3.8) is 0 Å². The van der Waals surface area contributed by atoms with E-state index in [-0.39, 0.29) is 6.23 Å². The first kappa shape index (κ1) is 22.3. The minimum absolute atomic E-state index is 0.273. The van der Waals surface area contributed by atoms with Crippen molar-refractivity contribution < 1.29 is 9.15 Å². The lowest BCUT2D eigenvalue weighted by molar-refractivity contribution is 0.260. The van der Waals surface area contributed by atoms with Gasteiger partial charge in [0.05, 0.1) is 22.1 Å². The molecular formula is C37H24N2O2. The van der Waals surface area contributed by atoms with E-state index in [0.29, 0.717) is 0 Å². The number of hydrogen-bond donors (Lipinski definition) is 1. The number of furan rings is 1. The first-order chi connectivity index (χ1) is 20.3. The monoisotopic (exact) mass is 528 g/mol. The van der Waals surface area contributed by atoms with Gasteiger partial charge in [0.25, 0.3) is 0 Å². The molecule has 4 heteroatoms. The summed E-state index contributed by atoms with van der Waals surface area (Å²) in [7, 11) is 0. The number of nitrogens with zero attached hydrogens (tertiary/aromatic N) is 1.